The highest BCUT2D eigenvalue weighted by molar-refractivity contribution is 9.10. The number of rotatable bonds is 4. The molecule has 1 heterocycles. The standard InChI is InChI=1S/C16H11BrCl2N2O2S/c1-8(23-13-5-3-9(18)6-11(13)17)15(22)21-16-20-12-4-2-10(19)7-14(12)24-16/h2-8H,1H3,(H,20,21,22). The number of aromatic nitrogens is 1. The number of thiazole rings is 1. The van der Waals surface area contributed by atoms with Crippen LogP contribution in [-0.2, 0) is 4.79 Å². The second kappa shape index (κ2) is 7.27. The summed E-state index contributed by atoms with van der Waals surface area (Å²) in [5.74, 6) is 0.250. The van der Waals surface area contributed by atoms with E-state index in [1.807, 2.05) is 12.1 Å². The lowest BCUT2D eigenvalue weighted by molar-refractivity contribution is -0.122. The van der Waals surface area contributed by atoms with Crippen molar-refractivity contribution in [3.8, 4) is 5.75 Å². The molecule has 0 radical (unpaired) electrons. The van der Waals surface area contributed by atoms with E-state index < -0.39 is 6.10 Å². The zero-order chi connectivity index (χ0) is 17.3. The van der Waals surface area contributed by atoms with E-state index >= 15 is 0 Å². The van der Waals surface area contributed by atoms with Crippen molar-refractivity contribution in [2.45, 2.75) is 13.0 Å². The number of carbonyl (C=O) groups is 1. The lowest BCUT2D eigenvalue weighted by atomic mass is 10.3. The van der Waals surface area contributed by atoms with Crippen LogP contribution in [0, 0.1) is 0 Å². The van der Waals surface area contributed by atoms with Gasteiger partial charge in [0.25, 0.3) is 5.91 Å². The molecule has 1 amide bonds. The lowest BCUT2D eigenvalue weighted by Crippen LogP contribution is -2.30. The van der Waals surface area contributed by atoms with Gasteiger partial charge in [-0.05, 0) is 59.3 Å². The number of amides is 1. The first-order chi connectivity index (χ1) is 11.4. The summed E-state index contributed by atoms with van der Waals surface area (Å²) < 4.78 is 7.26. The predicted molar refractivity (Wildman–Crippen MR) is 103 cm³/mol. The van der Waals surface area contributed by atoms with Crippen molar-refractivity contribution in [2.75, 3.05) is 5.32 Å². The van der Waals surface area contributed by atoms with E-state index in [9.17, 15) is 4.79 Å². The maximum Gasteiger partial charge on any atom is 0.266 e. The summed E-state index contributed by atoms with van der Waals surface area (Å²) in [5, 5.41) is 4.48. The molecular weight excluding hydrogens is 435 g/mol. The van der Waals surface area contributed by atoms with Gasteiger partial charge in [-0.2, -0.15) is 0 Å². The second-order valence-corrected chi connectivity index (χ2v) is 7.71. The van der Waals surface area contributed by atoms with E-state index in [-0.39, 0.29) is 5.91 Å². The molecule has 24 heavy (non-hydrogen) atoms. The van der Waals surface area contributed by atoms with Crippen LogP contribution in [0.5, 0.6) is 5.75 Å². The zero-order valence-electron chi connectivity index (χ0n) is 12.3. The van der Waals surface area contributed by atoms with Crippen molar-refractivity contribution in [1.82, 2.24) is 4.98 Å². The molecule has 124 valence electrons. The SMILES string of the molecule is CC(Oc1ccc(Cl)cc1Br)C(=O)Nc1nc2ccc(Cl)cc2s1. The van der Waals surface area contributed by atoms with Crippen LogP contribution in [0.15, 0.2) is 40.9 Å². The van der Waals surface area contributed by atoms with Crippen molar-refractivity contribution >= 4 is 71.7 Å². The minimum Gasteiger partial charge on any atom is -0.480 e. The third kappa shape index (κ3) is 4.00. The van der Waals surface area contributed by atoms with Gasteiger partial charge in [-0.15, -0.1) is 0 Å². The summed E-state index contributed by atoms with van der Waals surface area (Å²) >= 11 is 16.6. The molecular formula is C16H11BrCl2N2O2S. The Labute approximate surface area is 160 Å². The first-order valence-electron chi connectivity index (χ1n) is 6.91. The number of carbonyl (C=O) groups excluding carboxylic acids is 1. The Balaban J connectivity index is 1.70. The third-order valence-corrected chi connectivity index (χ3v) is 5.17. The lowest BCUT2D eigenvalue weighted by Gasteiger charge is -2.14. The third-order valence-electron chi connectivity index (χ3n) is 3.15. The number of hydrogen-bond acceptors (Lipinski definition) is 4. The average Bonchev–Trinajstić information content (AvgIpc) is 2.91. The molecule has 1 atom stereocenters. The van der Waals surface area contributed by atoms with Crippen LogP contribution in [0.4, 0.5) is 5.13 Å². The molecule has 1 unspecified atom stereocenters. The largest absolute Gasteiger partial charge is 0.480 e. The smallest absolute Gasteiger partial charge is 0.266 e. The molecule has 0 saturated carbocycles. The van der Waals surface area contributed by atoms with Gasteiger partial charge >= 0.3 is 0 Å². The highest BCUT2D eigenvalue weighted by Crippen LogP contribution is 2.30. The van der Waals surface area contributed by atoms with Crippen LogP contribution in [-0.4, -0.2) is 17.0 Å². The summed E-state index contributed by atoms with van der Waals surface area (Å²) in [6, 6.07) is 10.5. The second-order valence-electron chi connectivity index (χ2n) is 4.96. The zero-order valence-corrected chi connectivity index (χ0v) is 16.3. The van der Waals surface area contributed by atoms with Gasteiger partial charge in [0.15, 0.2) is 11.2 Å². The molecule has 3 rings (SSSR count). The highest BCUT2D eigenvalue weighted by atomic mass is 79.9. The maximum absolute atomic E-state index is 12.3. The van der Waals surface area contributed by atoms with Crippen LogP contribution in [0.1, 0.15) is 6.92 Å². The highest BCUT2D eigenvalue weighted by Gasteiger charge is 2.18. The summed E-state index contributed by atoms with van der Waals surface area (Å²) in [6.45, 7) is 1.67. The van der Waals surface area contributed by atoms with Gasteiger partial charge in [0.1, 0.15) is 5.75 Å². The number of nitrogens with one attached hydrogen (secondary N) is 1. The number of hydrogen-bond donors (Lipinski definition) is 1. The monoisotopic (exact) mass is 444 g/mol. The summed E-state index contributed by atoms with van der Waals surface area (Å²) in [5.41, 5.74) is 0.786. The Morgan fingerprint density at radius 3 is 2.71 bits per heavy atom. The first-order valence-corrected chi connectivity index (χ1v) is 9.27. The Kier molecular flexibility index (Phi) is 5.30. The van der Waals surface area contributed by atoms with Crippen molar-refractivity contribution in [3.05, 3.63) is 50.9 Å². The van der Waals surface area contributed by atoms with E-state index in [0.717, 1.165) is 10.2 Å². The van der Waals surface area contributed by atoms with E-state index in [0.29, 0.717) is 25.4 Å². The molecule has 3 aromatic rings. The molecule has 0 aliphatic carbocycles. The Morgan fingerprint density at radius 1 is 1.25 bits per heavy atom. The van der Waals surface area contributed by atoms with E-state index in [1.54, 1.807) is 31.2 Å². The number of halogens is 3. The number of nitrogens with zero attached hydrogens (tertiary/aromatic N) is 1. The van der Waals surface area contributed by atoms with E-state index in [2.05, 4.69) is 26.2 Å². The van der Waals surface area contributed by atoms with Crippen molar-refractivity contribution < 1.29 is 9.53 Å². The van der Waals surface area contributed by atoms with E-state index in [1.165, 1.54) is 11.3 Å². The van der Waals surface area contributed by atoms with Gasteiger partial charge < -0.3 is 4.74 Å². The summed E-state index contributed by atoms with van der Waals surface area (Å²) in [4.78, 5) is 16.7. The quantitative estimate of drug-likeness (QED) is 0.554. The van der Waals surface area contributed by atoms with Crippen molar-refractivity contribution in [2.24, 2.45) is 0 Å². The first kappa shape index (κ1) is 17.5. The van der Waals surface area contributed by atoms with Crippen LogP contribution >= 0.6 is 50.5 Å². The molecule has 0 bridgehead atoms. The molecule has 8 heteroatoms. The minimum atomic E-state index is -0.696. The maximum atomic E-state index is 12.3. The van der Waals surface area contributed by atoms with Gasteiger partial charge in [-0.3, -0.25) is 10.1 Å². The van der Waals surface area contributed by atoms with Crippen molar-refractivity contribution in [1.29, 1.82) is 0 Å². The average molecular weight is 446 g/mol. The molecule has 2 aromatic carbocycles. The van der Waals surface area contributed by atoms with Gasteiger partial charge in [-0.1, -0.05) is 34.5 Å². The van der Waals surface area contributed by atoms with Gasteiger partial charge in [0.05, 0.1) is 14.7 Å². The van der Waals surface area contributed by atoms with Gasteiger partial charge in [0.2, 0.25) is 0 Å². The van der Waals surface area contributed by atoms with Crippen molar-refractivity contribution in [3.63, 3.8) is 0 Å². The number of benzene rings is 2. The topological polar surface area (TPSA) is 51.2 Å². The Bertz CT molecular complexity index is 916. The van der Waals surface area contributed by atoms with Crippen LogP contribution in [0.3, 0.4) is 0 Å². The molecule has 0 aliphatic rings. The summed E-state index contributed by atoms with van der Waals surface area (Å²) in [6.07, 6.45) is -0.696. The fourth-order valence-electron chi connectivity index (χ4n) is 1.97. The molecule has 0 fully saturated rings. The number of fused-ring (bicyclic) bond motifs is 1. The minimum absolute atomic E-state index is 0.290. The number of anilines is 1. The van der Waals surface area contributed by atoms with Gasteiger partial charge in [0, 0.05) is 10.0 Å². The molecule has 1 aromatic heterocycles. The Hall–Kier alpha value is -1.34. The molecule has 0 aliphatic heterocycles. The fraction of sp³-hybridized carbons (Fsp3) is 0.125. The normalized spacial score (nSPS) is 12.2. The molecule has 1 N–H and O–H groups in total. The van der Waals surface area contributed by atoms with Crippen LogP contribution in [0.25, 0.3) is 10.2 Å². The number of ether oxygens (including phenoxy) is 1. The van der Waals surface area contributed by atoms with Crippen LogP contribution < -0.4 is 10.1 Å². The van der Waals surface area contributed by atoms with Crippen LogP contribution in [0.2, 0.25) is 10.0 Å². The molecule has 0 spiro atoms. The predicted octanol–water partition coefficient (Wildman–Crippen LogP) is 5.77. The Morgan fingerprint density at radius 2 is 1.96 bits per heavy atom. The van der Waals surface area contributed by atoms with Gasteiger partial charge in [-0.25, -0.2) is 4.98 Å². The molecule has 0 saturated heterocycles. The van der Waals surface area contributed by atoms with E-state index in [4.69, 9.17) is 27.9 Å². The fourth-order valence-corrected chi connectivity index (χ4v) is 3.89. The molecule has 4 nitrogen and oxygen atoms in total. The summed E-state index contributed by atoms with van der Waals surface area (Å²) in [7, 11) is 0.